The molecule has 2 nitrogen and oxygen atoms in total. The predicted molar refractivity (Wildman–Crippen MR) is 68.8 cm³/mol. The standard InChI is InChI=1S/C11H16INO/c1-14-9-5-4-8-13-11-7-3-2-6-10(11)12/h2-3,6-7,13H,4-5,8-9H2,1H3. The number of unbranched alkanes of at least 4 members (excludes halogenated alkanes) is 1. The van der Waals surface area contributed by atoms with Gasteiger partial charge in [0, 0.05) is 29.5 Å². The Kier molecular flexibility index (Phi) is 5.94. The molecule has 0 radical (unpaired) electrons. The third-order valence-electron chi connectivity index (χ3n) is 1.96. The first-order valence-corrected chi connectivity index (χ1v) is 5.90. The number of benzene rings is 1. The van der Waals surface area contributed by atoms with Gasteiger partial charge in [-0.2, -0.15) is 0 Å². The molecule has 0 atom stereocenters. The zero-order chi connectivity index (χ0) is 10.2. The van der Waals surface area contributed by atoms with Crippen molar-refractivity contribution in [2.45, 2.75) is 12.8 Å². The van der Waals surface area contributed by atoms with Gasteiger partial charge in [0.15, 0.2) is 0 Å². The Balaban J connectivity index is 2.21. The van der Waals surface area contributed by atoms with Gasteiger partial charge in [0.25, 0.3) is 0 Å². The number of hydrogen-bond acceptors (Lipinski definition) is 2. The van der Waals surface area contributed by atoms with Crippen LogP contribution in [0.25, 0.3) is 0 Å². The number of ether oxygens (including phenoxy) is 1. The quantitative estimate of drug-likeness (QED) is 0.644. The van der Waals surface area contributed by atoms with E-state index in [9.17, 15) is 0 Å². The van der Waals surface area contributed by atoms with E-state index in [-0.39, 0.29) is 0 Å². The lowest BCUT2D eigenvalue weighted by Crippen LogP contribution is -2.03. The molecule has 0 fully saturated rings. The van der Waals surface area contributed by atoms with E-state index in [1.807, 2.05) is 0 Å². The molecule has 0 aromatic heterocycles. The first-order valence-electron chi connectivity index (χ1n) is 4.82. The topological polar surface area (TPSA) is 21.3 Å². The largest absolute Gasteiger partial charge is 0.385 e. The predicted octanol–water partition coefficient (Wildman–Crippen LogP) is 3.13. The van der Waals surface area contributed by atoms with Crippen LogP contribution >= 0.6 is 22.6 Å². The zero-order valence-corrected chi connectivity index (χ0v) is 10.6. The van der Waals surface area contributed by atoms with E-state index in [1.165, 1.54) is 9.26 Å². The molecule has 0 saturated carbocycles. The van der Waals surface area contributed by atoms with Crippen LogP contribution in [0.1, 0.15) is 12.8 Å². The summed E-state index contributed by atoms with van der Waals surface area (Å²) in [5.41, 5.74) is 1.23. The van der Waals surface area contributed by atoms with E-state index in [4.69, 9.17) is 4.74 Å². The maximum Gasteiger partial charge on any atom is 0.0475 e. The molecule has 0 aliphatic heterocycles. The van der Waals surface area contributed by atoms with Gasteiger partial charge in [0.2, 0.25) is 0 Å². The molecule has 1 aromatic carbocycles. The maximum atomic E-state index is 4.99. The normalized spacial score (nSPS) is 10.1. The Morgan fingerprint density at radius 3 is 2.79 bits per heavy atom. The minimum atomic E-state index is 0.855. The Labute approximate surface area is 99.2 Å². The van der Waals surface area contributed by atoms with Gasteiger partial charge in [-0.1, -0.05) is 12.1 Å². The Morgan fingerprint density at radius 2 is 2.07 bits per heavy atom. The first kappa shape index (κ1) is 11.8. The van der Waals surface area contributed by atoms with Crippen molar-refractivity contribution in [3.63, 3.8) is 0 Å². The van der Waals surface area contributed by atoms with Crippen molar-refractivity contribution in [2.75, 3.05) is 25.6 Å². The van der Waals surface area contributed by atoms with Gasteiger partial charge in [0.1, 0.15) is 0 Å². The van der Waals surface area contributed by atoms with Crippen LogP contribution in [0.4, 0.5) is 5.69 Å². The lowest BCUT2D eigenvalue weighted by atomic mass is 10.3. The molecule has 0 bridgehead atoms. The average molecular weight is 305 g/mol. The second-order valence-electron chi connectivity index (χ2n) is 3.11. The number of hydrogen-bond donors (Lipinski definition) is 1. The second-order valence-corrected chi connectivity index (χ2v) is 4.27. The van der Waals surface area contributed by atoms with Crippen LogP contribution in [0.2, 0.25) is 0 Å². The molecule has 0 spiro atoms. The first-order chi connectivity index (χ1) is 6.84. The summed E-state index contributed by atoms with van der Waals surface area (Å²) in [6.07, 6.45) is 2.27. The van der Waals surface area contributed by atoms with Gasteiger partial charge in [-0.15, -0.1) is 0 Å². The van der Waals surface area contributed by atoms with E-state index in [1.54, 1.807) is 7.11 Å². The molecule has 1 N–H and O–H groups in total. The highest BCUT2D eigenvalue weighted by molar-refractivity contribution is 14.1. The molecule has 0 aliphatic carbocycles. The Hall–Kier alpha value is -0.290. The molecular formula is C11H16INO. The highest BCUT2D eigenvalue weighted by atomic mass is 127. The minimum Gasteiger partial charge on any atom is -0.385 e. The van der Waals surface area contributed by atoms with Crippen molar-refractivity contribution in [3.05, 3.63) is 27.8 Å². The molecule has 78 valence electrons. The van der Waals surface area contributed by atoms with Gasteiger partial charge in [-0.05, 0) is 47.6 Å². The number of anilines is 1. The van der Waals surface area contributed by atoms with E-state index in [2.05, 4.69) is 52.2 Å². The van der Waals surface area contributed by atoms with E-state index in [0.29, 0.717) is 0 Å². The summed E-state index contributed by atoms with van der Waals surface area (Å²) < 4.78 is 6.26. The summed E-state index contributed by atoms with van der Waals surface area (Å²) in [6.45, 7) is 1.87. The molecule has 3 heteroatoms. The fourth-order valence-corrected chi connectivity index (χ4v) is 1.78. The van der Waals surface area contributed by atoms with Crippen LogP contribution in [-0.4, -0.2) is 20.3 Å². The summed E-state index contributed by atoms with van der Waals surface area (Å²) in [4.78, 5) is 0. The van der Waals surface area contributed by atoms with Crippen molar-refractivity contribution >= 4 is 28.3 Å². The smallest absolute Gasteiger partial charge is 0.0475 e. The second kappa shape index (κ2) is 7.06. The summed E-state index contributed by atoms with van der Waals surface area (Å²) >= 11 is 2.34. The fourth-order valence-electron chi connectivity index (χ4n) is 1.20. The van der Waals surface area contributed by atoms with Crippen LogP contribution in [0.3, 0.4) is 0 Å². The van der Waals surface area contributed by atoms with Crippen molar-refractivity contribution in [1.29, 1.82) is 0 Å². The van der Waals surface area contributed by atoms with Crippen LogP contribution in [0, 0.1) is 3.57 Å². The molecular weight excluding hydrogens is 289 g/mol. The summed E-state index contributed by atoms with van der Waals surface area (Å²) in [7, 11) is 1.74. The Morgan fingerprint density at radius 1 is 1.29 bits per heavy atom. The minimum absolute atomic E-state index is 0.855. The van der Waals surface area contributed by atoms with Crippen molar-refractivity contribution in [1.82, 2.24) is 0 Å². The van der Waals surface area contributed by atoms with Crippen molar-refractivity contribution in [2.24, 2.45) is 0 Å². The summed E-state index contributed by atoms with van der Waals surface area (Å²) in [6, 6.07) is 8.33. The number of rotatable bonds is 6. The van der Waals surface area contributed by atoms with E-state index < -0.39 is 0 Å². The summed E-state index contributed by atoms with van der Waals surface area (Å²) in [5.74, 6) is 0. The lowest BCUT2D eigenvalue weighted by Gasteiger charge is -2.07. The van der Waals surface area contributed by atoms with Crippen LogP contribution in [-0.2, 0) is 4.74 Å². The fraction of sp³-hybridized carbons (Fsp3) is 0.455. The van der Waals surface area contributed by atoms with Gasteiger partial charge >= 0.3 is 0 Å². The van der Waals surface area contributed by atoms with Crippen molar-refractivity contribution < 1.29 is 4.74 Å². The molecule has 0 unspecified atom stereocenters. The number of nitrogens with one attached hydrogen (secondary N) is 1. The molecule has 0 aliphatic rings. The van der Waals surface area contributed by atoms with Gasteiger partial charge < -0.3 is 10.1 Å². The molecule has 14 heavy (non-hydrogen) atoms. The van der Waals surface area contributed by atoms with Crippen LogP contribution in [0.5, 0.6) is 0 Å². The lowest BCUT2D eigenvalue weighted by molar-refractivity contribution is 0.194. The molecule has 1 aromatic rings. The Bertz CT molecular complexity index is 265. The average Bonchev–Trinajstić information content (AvgIpc) is 2.20. The maximum absolute atomic E-state index is 4.99. The summed E-state index contributed by atoms with van der Waals surface area (Å²) in [5, 5.41) is 3.41. The molecule has 0 amide bonds. The highest BCUT2D eigenvalue weighted by Crippen LogP contribution is 2.16. The third-order valence-corrected chi connectivity index (χ3v) is 2.91. The highest BCUT2D eigenvalue weighted by Gasteiger charge is 1.95. The molecule has 0 saturated heterocycles. The van der Waals surface area contributed by atoms with E-state index >= 15 is 0 Å². The van der Waals surface area contributed by atoms with Crippen molar-refractivity contribution in [3.8, 4) is 0 Å². The zero-order valence-electron chi connectivity index (χ0n) is 8.42. The molecule has 0 heterocycles. The van der Waals surface area contributed by atoms with E-state index in [0.717, 1.165) is 26.0 Å². The number of halogens is 1. The van der Waals surface area contributed by atoms with Gasteiger partial charge in [0.05, 0.1) is 0 Å². The number of methoxy groups -OCH3 is 1. The monoisotopic (exact) mass is 305 g/mol. The SMILES string of the molecule is COCCCCNc1ccccc1I. The van der Waals surface area contributed by atoms with Crippen LogP contribution < -0.4 is 5.32 Å². The van der Waals surface area contributed by atoms with Gasteiger partial charge in [-0.25, -0.2) is 0 Å². The number of para-hydroxylation sites is 1. The van der Waals surface area contributed by atoms with Crippen LogP contribution in [0.15, 0.2) is 24.3 Å². The van der Waals surface area contributed by atoms with Gasteiger partial charge in [-0.3, -0.25) is 0 Å². The molecule has 1 rings (SSSR count). The third kappa shape index (κ3) is 4.28.